The van der Waals surface area contributed by atoms with Gasteiger partial charge in [0.25, 0.3) is 0 Å². The molecule has 9 aromatic carbocycles. The molecule has 0 spiro atoms. The van der Waals surface area contributed by atoms with E-state index in [0.717, 1.165) is 34.4 Å². The van der Waals surface area contributed by atoms with E-state index in [0.29, 0.717) is 17.5 Å². The Bertz CT molecular complexity index is 3730. The van der Waals surface area contributed by atoms with Crippen LogP contribution in [0.4, 0.5) is 0 Å². The molecule has 2 aliphatic rings. The van der Waals surface area contributed by atoms with Crippen LogP contribution in [-0.2, 0) is 16.2 Å². The lowest BCUT2D eigenvalue weighted by Gasteiger charge is -2.42. The molecule has 0 fully saturated rings. The average molecular weight is 875 g/mol. The summed E-state index contributed by atoms with van der Waals surface area (Å²) in [7, 11) is 0. The Kier molecular flexibility index (Phi) is 8.92. The van der Waals surface area contributed by atoms with Crippen LogP contribution < -0.4 is 0 Å². The van der Waals surface area contributed by atoms with Crippen LogP contribution in [0.25, 0.3) is 83.6 Å². The predicted molar refractivity (Wildman–Crippen MR) is 281 cm³/mol. The zero-order valence-electron chi connectivity index (χ0n) is 38.8. The van der Waals surface area contributed by atoms with Crippen molar-refractivity contribution in [1.82, 2.24) is 19.5 Å². The standard InChI is InChI=1S/C64H50N4/c1-62(2)37-38-63(3,4)55-40-56-51(39-54(55)62)48-36-33-41-19-14-15-26-47(41)58(48)68(56)46-34-31-43(32-35-46)60-65-59(42-20-8-5-9-21-42)66-61(67-60)50-28-18-30-53-57(50)49-27-16-17-29-52(49)64(53,44-22-10-6-11-23-44)45-24-12-7-13-25-45/h5-36,39-40H,37-38H2,1-4H3. The third kappa shape index (κ3) is 5.96. The Balaban J connectivity index is 1.02. The fraction of sp³-hybridized carbons (Fsp3) is 0.141. The Morgan fingerprint density at radius 3 is 1.63 bits per heavy atom. The van der Waals surface area contributed by atoms with Crippen molar-refractivity contribution in [3.05, 3.63) is 240 Å². The highest BCUT2D eigenvalue weighted by molar-refractivity contribution is 6.19. The molecule has 0 amide bonds. The molecule has 0 saturated carbocycles. The van der Waals surface area contributed by atoms with E-state index in [2.05, 4.69) is 220 Å². The molecule has 13 rings (SSSR count). The van der Waals surface area contributed by atoms with Crippen molar-refractivity contribution in [2.24, 2.45) is 0 Å². The van der Waals surface area contributed by atoms with Crippen LogP contribution in [0.2, 0.25) is 0 Å². The summed E-state index contributed by atoms with van der Waals surface area (Å²) < 4.78 is 2.50. The minimum atomic E-state index is -0.540. The first-order chi connectivity index (χ1) is 33.2. The van der Waals surface area contributed by atoms with Gasteiger partial charge in [-0.25, -0.2) is 15.0 Å². The van der Waals surface area contributed by atoms with E-state index >= 15 is 0 Å². The summed E-state index contributed by atoms with van der Waals surface area (Å²) >= 11 is 0. The Morgan fingerprint density at radius 1 is 0.397 bits per heavy atom. The van der Waals surface area contributed by atoms with Crippen LogP contribution in [0.15, 0.2) is 206 Å². The first-order valence-electron chi connectivity index (χ1n) is 24.0. The highest BCUT2D eigenvalue weighted by Gasteiger charge is 2.47. The molecule has 0 saturated heterocycles. The SMILES string of the molecule is CC1(C)CCC(C)(C)c2cc3c(cc21)c1ccc2ccccc2c1n3-c1ccc(-c2nc(-c3ccccc3)nc(-c3cccc4c3-c3ccccc3C4(c3ccccc3)c3ccccc3)n2)cc1. The minimum absolute atomic E-state index is 0.0741. The molecule has 4 heteroatoms. The van der Waals surface area contributed by atoms with E-state index in [4.69, 9.17) is 15.0 Å². The van der Waals surface area contributed by atoms with Gasteiger partial charge in [-0.05, 0) is 110 Å². The molecule has 2 aromatic heterocycles. The summed E-state index contributed by atoms with van der Waals surface area (Å²) in [4.78, 5) is 16.0. The zero-order valence-corrected chi connectivity index (χ0v) is 38.8. The normalized spacial score (nSPS) is 15.3. The summed E-state index contributed by atoms with van der Waals surface area (Å²) in [5.41, 5.74) is 16.2. The van der Waals surface area contributed by atoms with Gasteiger partial charge < -0.3 is 4.57 Å². The minimum Gasteiger partial charge on any atom is -0.309 e. The monoisotopic (exact) mass is 874 g/mol. The second kappa shape index (κ2) is 15.0. The topological polar surface area (TPSA) is 43.6 Å². The maximum atomic E-state index is 5.42. The van der Waals surface area contributed by atoms with Crippen molar-refractivity contribution in [1.29, 1.82) is 0 Å². The lowest BCUT2D eigenvalue weighted by atomic mass is 9.63. The maximum absolute atomic E-state index is 5.42. The van der Waals surface area contributed by atoms with Crippen LogP contribution in [0.3, 0.4) is 0 Å². The number of aromatic nitrogens is 4. The van der Waals surface area contributed by atoms with Gasteiger partial charge in [-0.15, -0.1) is 0 Å². The molecule has 68 heavy (non-hydrogen) atoms. The molecular weight excluding hydrogens is 825 g/mol. The van der Waals surface area contributed by atoms with Gasteiger partial charge in [0.05, 0.1) is 16.4 Å². The zero-order chi connectivity index (χ0) is 45.8. The number of hydrogen-bond donors (Lipinski definition) is 0. The van der Waals surface area contributed by atoms with E-state index in [-0.39, 0.29) is 10.8 Å². The summed E-state index contributed by atoms with van der Waals surface area (Å²) in [6.45, 7) is 9.68. The van der Waals surface area contributed by atoms with E-state index in [1.165, 1.54) is 77.9 Å². The quantitative estimate of drug-likeness (QED) is 0.167. The third-order valence-electron chi connectivity index (χ3n) is 15.4. The van der Waals surface area contributed by atoms with Gasteiger partial charge in [-0.1, -0.05) is 198 Å². The van der Waals surface area contributed by atoms with E-state index in [9.17, 15) is 0 Å². The van der Waals surface area contributed by atoms with Crippen molar-refractivity contribution in [2.75, 3.05) is 0 Å². The van der Waals surface area contributed by atoms with E-state index in [1.54, 1.807) is 0 Å². The fourth-order valence-electron chi connectivity index (χ4n) is 11.9. The first kappa shape index (κ1) is 40.3. The summed E-state index contributed by atoms with van der Waals surface area (Å²) in [5, 5.41) is 5.06. The van der Waals surface area contributed by atoms with Gasteiger partial charge >= 0.3 is 0 Å². The molecule has 0 unspecified atom stereocenters. The molecule has 4 nitrogen and oxygen atoms in total. The number of rotatable bonds is 6. The van der Waals surface area contributed by atoms with Gasteiger partial charge in [0.2, 0.25) is 0 Å². The summed E-state index contributed by atoms with van der Waals surface area (Å²) in [6, 6.07) is 75.0. The van der Waals surface area contributed by atoms with E-state index in [1.807, 2.05) is 18.2 Å². The molecule has 0 bridgehead atoms. The summed E-state index contributed by atoms with van der Waals surface area (Å²) in [6.07, 6.45) is 2.34. The molecule has 0 N–H and O–H groups in total. The molecule has 11 aromatic rings. The molecule has 326 valence electrons. The number of hydrogen-bond acceptors (Lipinski definition) is 3. The van der Waals surface area contributed by atoms with Crippen molar-refractivity contribution >= 4 is 32.6 Å². The molecular formula is C64H50N4. The van der Waals surface area contributed by atoms with Crippen molar-refractivity contribution in [3.8, 4) is 51.0 Å². The smallest absolute Gasteiger partial charge is 0.164 e. The number of fused-ring (bicyclic) bond motifs is 9. The van der Waals surface area contributed by atoms with Gasteiger partial charge in [-0.2, -0.15) is 0 Å². The van der Waals surface area contributed by atoms with Gasteiger partial charge in [0, 0.05) is 38.5 Å². The fourth-order valence-corrected chi connectivity index (χ4v) is 11.9. The molecule has 2 aliphatic carbocycles. The van der Waals surface area contributed by atoms with Gasteiger partial charge in [0.15, 0.2) is 17.5 Å². The Hall–Kier alpha value is -7.95. The van der Waals surface area contributed by atoms with Crippen LogP contribution in [-0.4, -0.2) is 19.5 Å². The first-order valence-corrected chi connectivity index (χ1v) is 24.0. The Labute approximate surface area is 397 Å². The van der Waals surface area contributed by atoms with Crippen LogP contribution in [0, 0.1) is 0 Å². The molecule has 0 atom stereocenters. The van der Waals surface area contributed by atoms with Gasteiger partial charge in [-0.3, -0.25) is 0 Å². The van der Waals surface area contributed by atoms with Crippen molar-refractivity contribution < 1.29 is 0 Å². The molecule has 2 heterocycles. The Morgan fingerprint density at radius 2 is 0.941 bits per heavy atom. The van der Waals surface area contributed by atoms with Crippen LogP contribution in [0.5, 0.6) is 0 Å². The average Bonchev–Trinajstić information content (AvgIpc) is 3.89. The second-order valence-corrected chi connectivity index (χ2v) is 20.2. The predicted octanol–water partition coefficient (Wildman–Crippen LogP) is 15.8. The largest absolute Gasteiger partial charge is 0.309 e. The second-order valence-electron chi connectivity index (χ2n) is 20.2. The van der Waals surface area contributed by atoms with Crippen LogP contribution in [0.1, 0.15) is 73.9 Å². The van der Waals surface area contributed by atoms with Crippen molar-refractivity contribution in [3.63, 3.8) is 0 Å². The molecule has 0 radical (unpaired) electrons. The maximum Gasteiger partial charge on any atom is 0.164 e. The number of benzene rings is 9. The molecule has 0 aliphatic heterocycles. The van der Waals surface area contributed by atoms with Crippen molar-refractivity contribution in [2.45, 2.75) is 56.8 Å². The van der Waals surface area contributed by atoms with E-state index < -0.39 is 5.41 Å². The highest BCUT2D eigenvalue weighted by Crippen LogP contribution is 2.58. The van der Waals surface area contributed by atoms with Gasteiger partial charge in [0.1, 0.15) is 0 Å². The third-order valence-corrected chi connectivity index (χ3v) is 15.4. The van der Waals surface area contributed by atoms with Crippen LogP contribution >= 0.6 is 0 Å². The lowest BCUT2D eigenvalue weighted by Crippen LogP contribution is -2.33. The summed E-state index contributed by atoms with van der Waals surface area (Å²) in [5.74, 6) is 1.92. The number of nitrogens with zero attached hydrogens (tertiary/aromatic N) is 4. The highest BCUT2D eigenvalue weighted by atomic mass is 15.0. The lowest BCUT2D eigenvalue weighted by molar-refractivity contribution is 0.332.